The number of hydrogen-bond acceptors (Lipinski definition) is 3. The zero-order valence-corrected chi connectivity index (χ0v) is 17.8. The Labute approximate surface area is 178 Å². The van der Waals surface area contributed by atoms with Gasteiger partial charge in [-0.3, -0.25) is 4.79 Å². The molecule has 1 saturated heterocycles. The predicted octanol–water partition coefficient (Wildman–Crippen LogP) is 4.62. The van der Waals surface area contributed by atoms with E-state index in [1.54, 1.807) is 6.08 Å². The second-order valence-electron chi connectivity index (χ2n) is 8.05. The number of imidazole rings is 1. The highest BCUT2D eigenvalue weighted by Gasteiger charge is 2.33. The quantitative estimate of drug-likeness (QED) is 0.407. The topological polar surface area (TPSA) is 47.4 Å². The average Bonchev–Trinajstić information content (AvgIpc) is 3.29. The Morgan fingerprint density at radius 1 is 1.20 bits per heavy atom. The summed E-state index contributed by atoms with van der Waals surface area (Å²) < 4.78 is 8.25. The number of para-hydroxylation sites is 2. The van der Waals surface area contributed by atoms with Gasteiger partial charge in [-0.05, 0) is 55.7 Å². The molecule has 0 aliphatic carbocycles. The summed E-state index contributed by atoms with van der Waals surface area (Å²) in [6.07, 6.45) is 3.17. The van der Waals surface area contributed by atoms with Gasteiger partial charge in [-0.15, -0.1) is 6.58 Å². The minimum absolute atomic E-state index is 0.116. The van der Waals surface area contributed by atoms with Gasteiger partial charge in [0.05, 0.1) is 17.6 Å². The fraction of sp³-hybridized carbons (Fsp3) is 0.360. The lowest BCUT2D eigenvalue weighted by Crippen LogP contribution is -2.25. The standard InChI is InChI=1S/C25H29N3O2/c1-4-12-27-17-20(16-24(27)29)25-26-22-8-5-6-9-23(22)28(25)13-7-14-30-21-11-10-18(2)19(3)15-21/h4-6,8-11,15,20H,1,7,12-14,16-17H2,2-3H3/t20-/m1/s1. The number of likely N-dealkylation sites (tertiary alicyclic amines) is 1. The lowest BCUT2D eigenvalue weighted by atomic mass is 10.1. The van der Waals surface area contributed by atoms with Crippen molar-refractivity contribution in [3.05, 3.63) is 72.1 Å². The van der Waals surface area contributed by atoms with Gasteiger partial charge in [-0.1, -0.05) is 24.3 Å². The molecule has 0 radical (unpaired) electrons. The summed E-state index contributed by atoms with van der Waals surface area (Å²) in [6.45, 7) is 10.7. The van der Waals surface area contributed by atoms with Gasteiger partial charge in [0.15, 0.2) is 0 Å². The Kier molecular flexibility index (Phi) is 5.88. The molecule has 5 nitrogen and oxygen atoms in total. The molecule has 4 rings (SSSR count). The normalized spacial score (nSPS) is 16.4. The lowest BCUT2D eigenvalue weighted by molar-refractivity contribution is -0.127. The molecule has 0 spiro atoms. The van der Waals surface area contributed by atoms with E-state index in [2.05, 4.69) is 43.2 Å². The third-order valence-electron chi connectivity index (χ3n) is 5.89. The van der Waals surface area contributed by atoms with Crippen molar-refractivity contribution in [3.8, 4) is 5.75 Å². The van der Waals surface area contributed by atoms with E-state index in [-0.39, 0.29) is 11.8 Å². The molecule has 0 N–H and O–H groups in total. The fourth-order valence-electron chi connectivity index (χ4n) is 4.13. The SMILES string of the molecule is C=CCN1C[C@H](c2nc3ccccc3n2CCCOc2ccc(C)c(C)c2)CC1=O. The molecular weight excluding hydrogens is 374 g/mol. The van der Waals surface area contributed by atoms with E-state index in [1.165, 1.54) is 11.1 Å². The molecule has 0 unspecified atom stereocenters. The number of ether oxygens (including phenoxy) is 1. The number of hydrogen-bond donors (Lipinski definition) is 0. The maximum atomic E-state index is 12.4. The van der Waals surface area contributed by atoms with Crippen molar-refractivity contribution in [2.75, 3.05) is 19.7 Å². The largest absolute Gasteiger partial charge is 0.494 e. The van der Waals surface area contributed by atoms with Gasteiger partial charge in [0.2, 0.25) is 5.91 Å². The highest BCUT2D eigenvalue weighted by molar-refractivity contribution is 5.81. The number of benzene rings is 2. The van der Waals surface area contributed by atoms with Crippen molar-refractivity contribution < 1.29 is 9.53 Å². The molecule has 0 bridgehead atoms. The number of aryl methyl sites for hydroxylation is 3. The van der Waals surface area contributed by atoms with E-state index in [0.29, 0.717) is 26.1 Å². The number of carbonyl (C=O) groups is 1. The van der Waals surface area contributed by atoms with Crippen molar-refractivity contribution in [2.24, 2.45) is 0 Å². The molecule has 30 heavy (non-hydrogen) atoms. The second kappa shape index (κ2) is 8.74. The molecule has 1 aliphatic rings. The lowest BCUT2D eigenvalue weighted by Gasteiger charge is -2.16. The zero-order valence-electron chi connectivity index (χ0n) is 17.8. The molecule has 1 amide bonds. The maximum Gasteiger partial charge on any atom is 0.223 e. The van der Waals surface area contributed by atoms with Crippen LogP contribution >= 0.6 is 0 Å². The Bertz CT molecular complexity index is 1070. The third-order valence-corrected chi connectivity index (χ3v) is 5.89. The fourth-order valence-corrected chi connectivity index (χ4v) is 4.13. The highest BCUT2D eigenvalue weighted by Crippen LogP contribution is 2.30. The summed E-state index contributed by atoms with van der Waals surface area (Å²) in [5.74, 6) is 2.21. The van der Waals surface area contributed by atoms with Gasteiger partial charge in [0, 0.05) is 32.0 Å². The number of carbonyl (C=O) groups excluding carboxylic acids is 1. The Morgan fingerprint density at radius 3 is 2.83 bits per heavy atom. The van der Waals surface area contributed by atoms with Crippen LogP contribution < -0.4 is 4.74 Å². The van der Waals surface area contributed by atoms with E-state index in [1.807, 2.05) is 29.2 Å². The summed E-state index contributed by atoms with van der Waals surface area (Å²) in [5.41, 5.74) is 4.62. The molecule has 1 atom stereocenters. The first kappa shape index (κ1) is 20.2. The first-order valence-electron chi connectivity index (χ1n) is 10.6. The number of rotatable bonds is 8. The van der Waals surface area contributed by atoms with E-state index in [9.17, 15) is 4.79 Å². The van der Waals surface area contributed by atoms with Crippen molar-refractivity contribution in [1.82, 2.24) is 14.5 Å². The van der Waals surface area contributed by atoms with Crippen LogP contribution in [0.5, 0.6) is 5.75 Å². The third kappa shape index (κ3) is 4.11. The molecule has 156 valence electrons. The molecule has 2 aromatic carbocycles. The Balaban J connectivity index is 1.48. The van der Waals surface area contributed by atoms with Crippen LogP contribution in [-0.2, 0) is 11.3 Å². The Hall–Kier alpha value is -3.08. The second-order valence-corrected chi connectivity index (χ2v) is 8.05. The minimum atomic E-state index is 0.116. The van der Waals surface area contributed by atoms with Crippen LogP contribution in [0.1, 0.15) is 35.7 Å². The molecule has 1 aliphatic heterocycles. The van der Waals surface area contributed by atoms with Crippen LogP contribution in [0, 0.1) is 13.8 Å². The van der Waals surface area contributed by atoms with Crippen LogP contribution in [0.2, 0.25) is 0 Å². The number of nitrogens with zero attached hydrogens (tertiary/aromatic N) is 3. The number of fused-ring (bicyclic) bond motifs is 1. The van der Waals surface area contributed by atoms with Crippen molar-refractivity contribution in [2.45, 2.75) is 39.2 Å². The average molecular weight is 404 g/mol. The summed E-state index contributed by atoms with van der Waals surface area (Å²) in [4.78, 5) is 19.1. The van der Waals surface area contributed by atoms with Crippen molar-refractivity contribution in [1.29, 1.82) is 0 Å². The molecule has 1 aromatic heterocycles. The van der Waals surface area contributed by atoms with Crippen LogP contribution in [0.25, 0.3) is 11.0 Å². The minimum Gasteiger partial charge on any atom is -0.494 e. The molecule has 2 heterocycles. The smallest absolute Gasteiger partial charge is 0.223 e. The molecule has 5 heteroatoms. The first-order chi connectivity index (χ1) is 14.6. The van der Waals surface area contributed by atoms with Gasteiger partial charge in [0.1, 0.15) is 11.6 Å². The van der Waals surface area contributed by atoms with Crippen LogP contribution in [0.3, 0.4) is 0 Å². The van der Waals surface area contributed by atoms with Crippen LogP contribution in [0.15, 0.2) is 55.1 Å². The first-order valence-corrected chi connectivity index (χ1v) is 10.6. The van der Waals surface area contributed by atoms with Gasteiger partial charge in [-0.2, -0.15) is 0 Å². The van der Waals surface area contributed by atoms with Gasteiger partial charge in [0.25, 0.3) is 0 Å². The van der Waals surface area contributed by atoms with E-state index < -0.39 is 0 Å². The summed E-state index contributed by atoms with van der Waals surface area (Å²) in [7, 11) is 0. The van der Waals surface area contributed by atoms with E-state index in [4.69, 9.17) is 9.72 Å². The van der Waals surface area contributed by atoms with Crippen LogP contribution in [-0.4, -0.2) is 40.1 Å². The molecular formula is C25H29N3O2. The number of amides is 1. The molecule has 1 fully saturated rings. The monoisotopic (exact) mass is 403 g/mol. The van der Waals surface area contributed by atoms with E-state index >= 15 is 0 Å². The van der Waals surface area contributed by atoms with Crippen molar-refractivity contribution >= 4 is 16.9 Å². The van der Waals surface area contributed by atoms with Gasteiger partial charge >= 0.3 is 0 Å². The maximum absolute atomic E-state index is 12.4. The summed E-state index contributed by atoms with van der Waals surface area (Å²) >= 11 is 0. The Morgan fingerprint density at radius 2 is 2.03 bits per heavy atom. The predicted molar refractivity (Wildman–Crippen MR) is 120 cm³/mol. The van der Waals surface area contributed by atoms with E-state index in [0.717, 1.165) is 35.6 Å². The van der Waals surface area contributed by atoms with Gasteiger partial charge in [-0.25, -0.2) is 4.98 Å². The zero-order chi connectivity index (χ0) is 21.1. The summed E-state index contributed by atoms with van der Waals surface area (Å²) in [6, 6.07) is 14.4. The highest BCUT2D eigenvalue weighted by atomic mass is 16.5. The number of aromatic nitrogens is 2. The van der Waals surface area contributed by atoms with Gasteiger partial charge < -0.3 is 14.2 Å². The van der Waals surface area contributed by atoms with Crippen LogP contribution in [0.4, 0.5) is 0 Å². The van der Waals surface area contributed by atoms with Crippen molar-refractivity contribution in [3.63, 3.8) is 0 Å². The molecule has 3 aromatic rings. The summed E-state index contributed by atoms with van der Waals surface area (Å²) in [5, 5.41) is 0. The molecule has 0 saturated carbocycles.